The van der Waals surface area contributed by atoms with Crippen molar-refractivity contribution in [3.8, 4) is 40.2 Å². The topological polar surface area (TPSA) is 82.8 Å². The molecule has 0 unspecified atom stereocenters. The zero-order valence-electron chi connectivity index (χ0n) is 27.0. The highest BCUT2D eigenvalue weighted by molar-refractivity contribution is 6.25. The molecule has 238 valence electrons. The van der Waals surface area contributed by atoms with Crippen LogP contribution in [-0.2, 0) is 0 Å². The third-order valence-corrected chi connectivity index (χ3v) is 9.69. The third-order valence-electron chi connectivity index (χ3n) is 9.69. The Labute approximate surface area is 290 Å². The average molecular weight is 656 g/mol. The van der Waals surface area contributed by atoms with E-state index in [-0.39, 0.29) is 0 Å². The van der Waals surface area contributed by atoms with E-state index in [1.165, 1.54) is 0 Å². The fraction of sp³-hybridized carbons (Fsp3) is 0. The van der Waals surface area contributed by atoms with Gasteiger partial charge in [-0.2, -0.15) is 9.97 Å². The quantitative estimate of drug-likeness (QED) is 0.188. The maximum absolute atomic E-state index is 6.43. The summed E-state index contributed by atoms with van der Waals surface area (Å²) in [5, 5.41) is 6.26. The van der Waals surface area contributed by atoms with Gasteiger partial charge in [-0.05, 0) is 59.3 Å². The normalized spacial score (nSPS) is 11.9. The van der Waals surface area contributed by atoms with E-state index in [9.17, 15) is 0 Å². The first-order chi connectivity index (χ1) is 25.3. The molecule has 11 rings (SSSR count). The molecule has 4 heterocycles. The zero-order valence-corrected chi connectivity index (χ0v) is 27.0. The molecule has 11 aromatic rings. The Balaban J connectivity index is 1.17. The average Bonchev–Trinajstić information content (AvgIpc) is 3.90. The number of fused-ring (bicyclic) bond motifs is 10. The number of furan rings is 1. The maximum Gasteiger partial charge on any atom is 0.238 e. The number of benzene rings is 7. The highest BCUT2D eigenvalue weighted by Crippen LogP contribution is 2.41. The van der Waals surface area contributed by atoms with Gasteiger partial charge >= 0.3 is 0 Å². The van der Waals surface area contributed by atoms with Gasteiger partial charge in [-0.25, -0.2) is 9.97 Å². The van der Waals surface area contributed by atoms with Crippen LogP contribution in [0.2, 0.25) is 0 Å². The predicted molar refractivity (Wildman–Crippen MR) is 203 cm³/mol. The molecule has 4 aromatic heterocycles. The number of hydrogen-bond acceptors (Lipinski definition) is 6. The van der Waals surface area contributed by atoms with Crippen molar-refractivity contribution < 1.29 is 8.83 Å². The van der Waals surface area contributed by atoms with Gasteiger partial charge in [0.25, 0.3) is 0 Å². The second-order valence-electron chi connectivity index (χ2n) is 12.7. The molecule has 0 aliphatic rings. The van der Waals surface area contributed by atoms with Gasteiger partial charge in [-0.15, -0.1) is 0 Å². The number of oxazole rings is 1. The van der Waals surface area contributed by atoms with Crippen molar-refractivity contribution in [3.63, 3.8) is 0 Å². The lowest BCUT2D eigenvalue weighted by Crippen LogP contribution is -2.06. The van der Waals surface area contributed by atoms with Gasteiger partial charge in [0.05, 0.1) is 16.4 Å². The molecule has 0 aliphatic carbocycles. The van der Waals surface area contributed by atoms with Crippen LogP contribution in [0.5, 0.6) is 0 Å². The van der Waals surface area contributed by atoms with Crippen LogP contribution in [0.1, 0.15) is 0 Å². The number of aromatic nitrogens is 5. The molecule has 0 amide bonds. The summed E-state index contributed by atoms with van der Waals surface area (Å²) >= 11 is 0. The molecule has 0 fully saturated rings. The molecule has 0 aliphatic heterocycles. The van der Waals surface area contributed by atoms with E-state index in [0.29, 0.717) is 29.1 Å². The Hall–Kier alpha value is -7.12. The van der Waals surface area contributed by atoms with E-state index in [1.807, 2.05) is 78.9 Å². The highest BCUT2D eigenvalue weighted by Gasteiger charge is 2.21. The molecule has 0 saturated heterocycles. The summed E-state index contributed by atoms with van der Waals surface area (Å²) in [5.41, 5.74) is 7.77. The lowest BCUT2D eigenvalue weighted by Gasteiger charge is -2.11. The fourth-order valence-corrected chi connectivity index (χ4v) is 7.35. The minimum absolute atomic E-state index is 0.557. The first-order valence-corrected chi connectivity index (χ1v) is 16.8. The van der Waals surface area contributed by atoms with E-state index in [2.05, 4.69) is 77.4 Å². The van der Waals surface area contributed by atoms with Gasteiger partial charge in [0.1, 0.15) is 16.7 Å². The summed E-state index contributed by atoms with van der Waals surface area (Å²) in [6, 6.07) is 51.2. The molecular formula is C44H25N5O2. The molecule has 7 heteroatoms. The molecule has 51 heavy (non-hydrogen) atoms. The second kappa shape index (κ2) is 10.7. The van der Waals surface area contributed by atoms with Crippen molar-refractivity contribution in [3.05, 3.63) is 152 Å². The Morgan fingerprint density at radius 1 is 0.412 bits per heavy atom. The Bertz CT molecular complexity index is 3090. The van der Waals surface area contributed by atoms with Crippen LogP contribution in [0.15, 0.2) is 160 Å². The molecule has 7 aromatic carbocycles. The van der Waals surface area contributed by atoms with E-state index < -0.39 is 0 Å². The molecule has 0 radical (unpaired) electrons. The Kier molecular flexibility index (Phi) is 5.83. The number of rotatable bonds is 4. The van der Waals surface area contributed by atoms with E-state index >= 15 is 0 Å². The molecule has 0 saturated carbocycles. The smallest absolute Gasteiger partial charge is 0.238 e. The van der Waals surface area contributed by atoms with Crippen LogP contribution in [0.3, 0.4) is 0 Å². The van der Waals surface area contributed by atoms with Gasteiger partial charge in [-0.1, -0.05) is 103 Å². The fourth-order valence-electron chi connectivity index (χ4n) is 7.35. The molecule has 0 N–H and O–H groups in total. The van der Waals surface area contributed by atoms with Crippen LogP contribution in [0, 0.1) is 0 Å². The van der Waals surface area contributed by atoms with Crippen molar-refractivity contribution in [1.82, 2.24) is 24.5 Å². The Morgan fingerprint density at radius 2 is 1.00 bits per heavy atom. The first kappa shape index (κ1) is 27.8. The van der Waals surface area contributed by atoms with Gasteiger partial charge < -0.3 is 8.83 Å². The molecule has 7 nitrogen and oxygen atoms in total. The van der Waals surface area contributed by atoms with Crippen molar-refractivity contribution >= 4 is 65.6 Å². The lowest BCUT2D eigenvalue weighted by atomic mass is 10.0. The summed E-state index contributed by atoms with van der Waals surface area (Å²) in [7, 11) is 0. The van der Waals surface area contributed by atoms with Gasteiger partial charge in [-0.3, -0.25) is 4.57 Å². The Morgan fingerprint density at radius 3 is 1.75 bits per heavy atom. The molecule has 0 spiro atoms. The van der Waals surface area contributed by atoms with Crippen LogP contribution in [-0.4, -0.2) is 24.5 Å². The maximum atomic E-state index is 6.43. The number of nitrogens with zero attached hydrogens (tertiary/aromatic N) is 5. The second-order valence-corrected chi connectivity index (χ2v) is 12.7. The van der Waals surface area contributed by atoms with Crippen LogP contribution < -0.4 is 0 Å². The van der Waals surface area contributed by atoms with E-state index in [4.69, 9.17) is 28.8 Å². The molecule has 0 bridgehead atoms. The molecular weight excluding hydrogens is 631 g/mol. The first-order valence-electron chi connectivity index (χ1n) is 16.8. The van der Waals surface area contributed by atoms with Crippen molar-refractivity contribution in [2.45, 2.75) is 0 Å². The van der Waals surface area contributed by atoms with Crippen molar-refractivity contribution in [2.75, 3.05) is 0 Å². The standard InChI is InChI=1S/C44H25N5O2/c1-3-11-27(12-4-1)41-46-42(48-44(47-41)49-33-17-9-7-15-30(33)31-16-8-10-18-34(31)49)29-20-19-26-21-22-35-38(32(26)25-29)39-36(50-35)23-24-37-40(39)45-43(51-37)28-13-5-2-6-14-28/h1-25H. The monoisotopic (exact) mass is 655 g/mol. The highest BCUT2D eigenvalue weighted by atomic mass is 16.4. The molecule has 0 atom stereocenters. The zero-order chi connectivity index (χ0) is 33.5. The third kappa shape index (κ3) is 4.25. The van der Waals surface area contributed by atoms with E-state index in [1.54, 1.807) is 0 Å². The largest absolute Gasteiger partial charge is 0.456 e. The number of hydrogen-bond donors (Lipinski definition) is 0. The van der Waals surface area contributed by atoms with Gasteiger partial charge in [0, 0.05) is 32.8 Å². The summed E-state index contributed by atoms with van der Waals surface area (Å²) in [5.74, 6) is 2.30. The van der Waals surface area contributed by atoms with Gasteiger partial charge in [0.15, 0.2) is 17.2 Å². The SMILES string of the molecule is c1ccc(-c2nc(-c3ccc4ccc5oc6ccc7oc(-c8ccccc8)nc7c6c5c4c3)nc(-n3c4ccccc4c4ccccc43)n2)cc1. The van der Waals surface area contributed by atoms with Crippen LogP contribution in [0.4, 0.5) is 0 Å². The summed E-state index contributed by atoms with van der Waals surface area (Å²) in [6.45, 7) is 0. The van der Waals surface area contributed by atoms with Crippen LogP contribution in [0.25, 0.3) is 106 Å². The summed E-state index contributed by atoms with van der Waals surface area (Å²) in [4.78, 5) is 20.3. The van der Waals surface area contributed by atoms with E-state index in [0.717, 1.165) is 76.7 Å². The number of para-hydroxylation sites is 2. The minimum atomic E-state index is 0.557. The summed E-state index contributed by atoms with van der Waals surface area (Å²) in [6.07, 6.45) is 0. The van der Waals surface area contributed by atoms with Gasteiger partial charge in [0.2, 0.25) is 11.8 Å². The van der Waals surface area contributed by atoms with Crippen molar-refractivity contribution in [2.24, 2.45) is 0 Å². The van der Waals surface area contributed by atoms with Crippen molar-refractivity contribution in [1.29, 1.82) is 0 Å². The van der Waals surface area contributed by atoms with Crippen LogP contribution >= 0.6 is 0 Å². The predicted octanol–water partition coefficient (Wildman–Crippen LogP) is 11.2. The lowest BCUT2D eigenvalue weighted by molar-refractivity contribution is 0.619. The minimum Gasteiger partial charge on any atom is -0.456 e. The summed E-state index contributed by atoms with van der Waals surface area (Å²) < 4.78 is 14.8.